The number of nitrogens with zero attached hydrogens (tertiary/aromatic N) is 1. The van der Waals surface area contributed by atoms with Gasteiger partial charge in [0.25, 0.3) is 5.91 Å². The summed E-state index contributed by atoms with van der Waals surface area (Å²) in [6.07, 6.45) is 3.26. The lowest BCUT2D eigenvalue weighted by Gasteiger charge is -2.08. The van der Waals surface area contributed by atoms with E-state index >= 15 is 0 Å². The number of halogens is 1. The second-order valence-corrected chi connectivity index (χ2v) is 4.71. The van der Waals surface area contributed by atoms with Crippen LogP contribution in [0, 0.1) is 18.8 Å². The van der Waals surface area contributed by atoms with E-state index in [0.717, 1.165) is 5.56 Å². The zero-order valence-corrected chi connectivity index (χ0v) is 12.1. The molecule has 106 valence electrons. The molecule has 4 nitrogen and oxygen atoms in total. The van der Waals surface area contributed by atoms with E-state index in [4.69, 9.17) is 16.7 Å². The third-order valence-corrected chi connectivity index (χ3v) is 3.13. The van der Waals surface area contributed by atoms with Gasteiger partial charge in [0, 0.05) is 17.3 Å². The van der Waals surface area contributed by atoms with Gasteiger partial charge in [-0.15, -0.1) is 0 Å². The van der Waals surface area contributed by atoms with Gasteiger partial charge in [0.1, 0.15) is 6.61 Å². The van der Waals surface area contributed by atoms with Crippen molar-refractivity contribution in [1.29, 1.82) is 0 Å². The van der Waals surface area contributed by atoms with Gasteiger partial charge in [-0.1, -0.05) is 23.4 Å². The highest BCUT2D eigenvalue weighted by atomic mass is 35.5. The molecule has 0 spiro atoms. The van der Waals surface area contributed by atoms with Crippen molar-refractivity contribution in [2.45, 2.75) is 6.92 Å². The molecule has 2 rings (SSSR count). The van der Waals surface area contributed by atoms with E-state index < -0.39 is 0 Å². The van der Waals surface area contributed by atoms with Crippen molar-refractivity contribution in [3.63, 3.8) is 0 Å². The van der Waals surface area contributed by atoms with E-state index in [2.05, 4.69) is 22.1 Å². The lowest BCUT2D eigenvalue weighted by atomic mass is 10.1. The van der Waals surface area contributed by atoms with Gasteiger partial charge in [0.2, 0.25) is 0 Å². The van der Waals surface area contributed by atoms with Crippen LogP contribution in [-0.4, -0.2) is 22.6 Å². The Morgan fingerprint density at radius 1 is 1.43 bits per heavy atom. The molecule has 21 heavy (non-hydrogen) atoms. The molecule has 0 atom stereocenters. The first-order valence-electron chi connectivity index (χ1n) is 6.23. The summed E-state index contributed by atoms with van der Waals surface area (Å²) >= 11 is 6.07. The molecule has 2 aromatic rings. The first-order chi connectivity index (χ1) is 10.1. The lowest BCUT2D eigenvalue weighted by molar-refractivity contribution is 0.102. The summed E-state index contributed by atoms with van der Waals surface area (Å²) in [7, 11) is 0. The number of amides is 1. The normalized spacial score (nSPS) is 9.67. The minimum atomic E-state index is -0.269. The highest BCUT2D eigenvalue weighted by molar-refractivity contribution is 6.32. The molecule has 2 N–H and O–H groups in total. The molecule has 5 heteroatoms. The van der Waals surface area contributed by atoms with E-state index in [9.17, 15) is 4.79 Å². The molecule has 0 fully saturated rings. The number of hydrogen-bond donors (Lipinski definition) is 2. The molecule has 0 saturated carbocycles. The van der Waals surface area contributed by atoms with Gasteiger partial charge in [0.15, 0.2) is 0 Å². The summed E-state index contributed by atoms with van der Waals surface area (Å²) in [5.74, 6) is 4.96. The van der Waals surface area contributed by atoms with Gasteiger partial charge in [-0.2, -0.15) is 0 Å². The summed E-state index contributed by atoms with van der Waals surface area (Å²) in [5, 5.41) is 11.8. The third kappa shape index (κ3) is 3.82. The second-order valence-electron chi connectivity index (χ2n) is 4.30. The Morgan fingerprint density at radius 2 is 2.24 bits per heavy atom. The average Bonchev–Trinajstić information content (AvgIpc) is 2.48. The molecule has 1 amide bonds. The molecule has 0 bridgehead atoms. The number of benzene rings is 1. The van der Waals surface area contributed by atoms with Crippen molar-refractivity contribution in [2.24, 2.45) is 0 Å². The molecular weight excluding hydrogens is 288 g/mol. The first-order valence-corrected chi connectivity index (χ1v) is 6.61. The molecule has 0 saturated heterocycles. The maximum Gasteiger partial charge on any atom is 0.255 e. The number of pyridine rings is 1. The largest absolute Gasteiger partial charge is 0.384 e. The summed E-state index contributed by atoms with van der Waals surface area (Å²) in [6.45, 7) is 1.65. The van der Waals surface area contributed by atoms with Crippen LogP contribution in [0.2, 0.25) is 5.02 Å². The maximum absolute atomic E-state index is 12.2. The van der Waals surface area contributed by atoms with Crippen LogP contribution in [0.25, 0.3) is 0 Å². The Morgan fingerprint density at radius 3 is 2.90 bits per heavy atom. The lowest BCUT2D eigenvalue weighted by Crippen LogP contribution is -2.13. The van der Waals surface area contributed by atoms with Crippen molar-refractivity contribution in [2.75, 3.05) is 11.9 Å². The van der Waals surface area contributed by atoms with Crippen LogP contribution in [0.5, 0.6) is 0 Å². The van der Waals surface area contributed by atoms with Gasteiger partial charge >= 0.3 is 0 Å². The third-order valence-electron chi connectivity index (χ3n) is 2.82. The van der Waals surface area contributed by atoms with Crippen molar-refractivity contribution >= 4 is 23.2 Å². The van der Waals surface area contributed by atoms with Crippen molar-refractivity contribution in [3.8, 4) is 11.8 Å². The number of aryl methyl sites for hydroxylation is 1. The molecule has 1 aromatic heterocycles. The summed E-state index contributed by atoms with van der Waals surface area (Å²) in [6, 6.07) is 6.64. The fourth-order valence-corrected chi connectivity index (χ4v) is 1.91. The minimum Gasteiger partial charge on any atom is -0.384 e. The molecule has 1 heterocycles. The number of anilines is 1. The first kappa shape index (κ1) is 15.0. The van der Waals surface area contributed by atoms with E-state index in [1.807, 2.05) is 13.0 Å². The van der Waals surface area contributed by atoms with Crippen LogP contribution < -0.4 is 5.32 Å². The fraction of sp³-hybridized carbons (Fsp3) is 0.125. The highest BCUT2D eigenvalue weighted by Crippen LogP contribution is 2.19. The summed E-state index contributed by atoms with van der Waals surface area (Å²) in [5.41, 5.74) is 2.58. The Hall–Kier alpha value is -2.35. The van der Waals surface area contributed by atoms with E-state index in [1.165, 1.54) is 0 Å². The summed E-state index contributed by atoms with van der Waals surface area (Å²) < 4.78 is 0. The highest BCUT2D eigenvalue weighted by Gasteiger charge is 2.09. The predicted octanol–water partition coefficient (Wildman–Crippen LogP) is 2.64. The molecule has 0 aliphatic rings. The number of carbonyl (C=O) groups excluding carboxylic acids is 1. The van der Waals surface area contributed by atoms with Gasteiger partial charge in [-0.05, 0) is 36.8 Å². The smallest absolute Gasteiger partial charge is 0.255 e. The van der Waals surface area contributed by atoms with Crippen molar-refractivity contribution in [1.82, 2.24) is 4.98 Å². The number of hydrogen-bond acceptors (Lipinski definition) is 3. The second kappa shape index (κ2) is 6.89. The Labute approximate surface area is 127 Å². The molecule has 0 unspecified atom stereocenters. The standard InChI is InChI=1S/C16H13ClN2O2/c1-11-6-7-18-10-15(11)19-16(21)13-5-4-12(3-2-8-20)14(17)9-13/h4-7,9-10,20H,8H2,1H3,(H,19,21). The van der Waals surface area contributed by atoms with E-state index in [0.29, 0.717) is 21.8 Å². The Kier molecular flexibility index (Phi) is 4.94. The molecule has 0 aliphatic heterocycles. The average molecular weight is 301 g/mol. The van der Waals surface area contributed by atoms with Crippen LogP contribution in [0.3, 0.4) is 0 Å². The SMILES string of the molecule is Cc1ccncc1NC(=O)c1ccc(C#CCO)c(Cl)c1. The minimum absolute atomic E-state index is 0.237. The monoisotopic (exact) mass is 300 g/mol. The number of aromatic nitrogens is 1. The molecule has 1 aromatic carbocycles. The summed E-state index contributed by atoms with van der Waals surface area (Å²) in [4.78, 5) is 16.1. The van der Waals surface area contributed by atoms with Crippen molar-refractivity contribution in [3.05, 3.63) is 58.4 Å². The van der Waals surface area contributed by atoms with E-state index in [-0.39, 0.29) is 12.5 Å². The number of nitrogens with one attached hydrogen (secondary N) is 1. The Balaban J connectivity index is 2.21. The molecule has 0 aliphatic carbocycles. The number of rotatable bonds is 2. The van der Waals surface area contributed by atoms with Gasteiger partial charge in [-0.25, -0.2) is 0 Å². The zero-order chi connectivity index (χ0) is 15.2. The van der Waals surface area contributed by atoms with Crippen LogP contribution in [0.15, 0.2) is 36.7 Å². The van der Waals surface area contributed by atoms with Crippen molar-refractivity contribution < 1.29 is 9.90 Å². The van der Waals surface area contributed by atoms with Crippen LogP contribution in [-0.2, 0) is 0 Å². The fourth-order valence-electron chi connectivity index (χ4n) is 1.68. The molecule has 0 radical (unpaired) electrons. The molecular formula is C16H13ClN2O2. The van der Waals surface area contributed by atoms with Gasteiger partial charge in [-0.3, -0.25) is 9.78 Å². The maximum atomic E-state index is 12.2. The predicted molar refractivity (Wildman–Crippen MR) is 82.3 cm³/mol. The van der Waals surface area contributed by atoms with Gasteiger partial charge in [0.05, 0.1) is 16.9 Å². The quantitative estimate of drug-likeness (QED) is 0.838. The van der Waals surface area contributed by atoms with E-state index in [1.54, 1.807) is 30.6 Å². The number of carbonyl (C=O) groups is 1. The Bertz CT molecular complexity index is 733. The van der Waals surface area contributed by atoms with Crippen LogP contribution >= 0.6 is 11.6 Å². The topological polar surface area (TPSA) is 62.2 Å². The number of aliphatic hydroxyl groups excluding tert-OH is 1. The number of aliphatic hydroxyl groups is 1. The zero-order valence-electron chi connectivity index (χ0n) is 11.4. The van der Waals surface area contributed by atoms with Gasteiger partial charge < -0.3 is 10.4 Å². The van der Waals surface area contributed by atoms with Crippen LogP contribution in [0.4, 0.5) is 5.69 Å². The van der Waals surface area contributed by atoms with Crippen LogP contribution in [0.1, 0.15) is 21.5 Å².